The van der Waals surface area contributed by atoms with Crippen molar-refractivity contribution in [3.63, 3.8) is 0 Å². The quantitative estimate of drug-likeness (QED) is 0.614. The van der Waals surface area contributed by atoms with Crippen LogP contribution in [-0.2, 0) is 4.74 Å². The van der Waals surface area contributed by atoms with E-state index in [1.54, 1.807) is 0 Å². The van der Waals surface area contributed by atoms with Gasteiger partial charge in [-0.25, -0.2) is 0 Å². The molecular weight excluding hydrogens is 179 g/mol. The second-order valence-corrected chi connectivity index (χ2v) is 2.15. The molecule has 0 spiro atoms. The Hall–Kier alpha value is 0.730. The summed E-state index contributed by atoms with van der Waals surface area (Å²) >= 11 is 8.66. The number of rotatable bonds is 3. The molecule has 1 nitrogen and oxygen atoms in total. The summed E-state index contributed by atoms with van der Waals surface area (Å²) in [5.74, 6) is 0. The lowest BCUT2D eigenvalue weighted by Gasteiger charge is -2.02. The average molecular weight is 187 g/mol. The van der Waals surface area contributed by atoms with E-state index in [9.17, 15) is 0 Å². The molecule has 0 aliphatic heterocycles. The zero-order chi connectivity index (χ0) is 5.70. The lowest BCUT2D eigenvalue weighted by atomic mass is 10.8. The molecule has 0 heterocycles. The van der Waals surface area contributed by atoms with E-state index in [0.717, 1.165) is 0 Å². The first-order valence-corrected chi connectivity index (χ1v) is 3.68. The van der Waals surface area contributed by atoms with Crippen LogP contribution in [0.15, 0.2) is 0 Å². The fourth-order valence-corrected chi connectivity index (χ4v) is 0.538. The van der Waals surface area contributed by atoms with Gasteiger partial charge in [0.25, 0.3) is 0 Å². The number of halogens is 2. The Morgan fingerprint density at radius 1 is 1.86 bits per heavy atom. The van der Waals surface area contributed by atoms with Gasteiger partial charge in [0.2, 0.25) is 0 Å². The van der Waals surface area contributed by atoms with Gasteiger partial charge in [-0.2, -0.15) is 0 Å². The fourth-order valence-electron chi connectivity index (χ4n) is 0.225. The van der Waals surface area contributed by atoms with Gasteiger partial charge in [-0.05, 0) is 6.92 Å². The third-order valence-corrected chi connectivity index (χ3v) is 1.71. The first-order valence-electron chi connectivity index (χ1n) is 2.13. The number of alkyl halides is 2. The Labute approximate surface area is 57.1 Å². The molecular formula is C4H8BrClO. The molecule has 0 fully saturated rings. The smallest absolute Gasteiger partial charge is 0.140 e. The maximum atomic E-state index is 5.50. The highest BCUT2D eigenvalue weighted by Crippen LogP contribution is 2.00. The molecule has 0 amide bonds. The van der Waals surface area contributed by atoms with Crippen molar-refractivity contribution in [3.8, 4) is 0 Å². The van der Waals surface area contributed by atoms with Crippen molar-refractivity contribution >= 4 is 27.5 Å². The van der Waals surface area contributed by atoms with Gasteiger partial charge < -0.3 is 4.74 Å². The summed E-state index contributed by atoms with van der Waals surface area (Å²) in [6, 6.07) is 0. The minimum atomic E-state index is -0.162. The Bertz CT molecular complexity index is 42.7. The van der Waals surface area contributed by atoms with Crippen molar-refractivity contribution in [2.45, 2.75) is 12.5 Å². The molecule has 0 aliphatic carbocycles. The molecule has 0 bridgehead atoms. The third kappa shape index (κ3) is 4.59. The molecule has 1 atom stereocenters. The van der Waals surface area contributed by atoms with Gasteiger partial charge in [0, 0.05) is 11.9 Å². The van der Waals surface area contributed by atoms with Crippen LogP contribution in [0, 0.1) is 0 Å². The van der Waals surface area contributed by atoms with E-state index in [0.29, 0.717) is 11.9 Å². The molecule has 44 valence electrons. The first kappa shape index (κ1) is 7.73. The Kier molecular flexibility index (Phi) is 5.39. The highest BCUT2D eigenvalue weighted by atomic mass is 79.9. The maximum absolute atomic E-state index is 5.50. The van der Waals surface area contributed by atoms with Gasteiger partial charge in [-0.3, -0.25) is 0 Å². The molecule has 1 unspecified atom stereocenters. The minimum absolute atomic E-state index is 0.162. The van der Waals surface area contributed by atoms with Gasteiger partial charge in [0.1, 0.15) is 5.56 Å². The lowest BCUT2D eigenvalue weighted by Crippen LogP contribution is -2.04. The van der Waals surface area contributed by atoms with E-state index >= 15 is 0 Å². The van der Waals surface area contributed by atoms with Gasteiger partial charge in [-0.1, -0.05) is 27.5 Å². The summed E-state index contributed by atoms with van der Waals surface area (Å²) < 4.78 is 4.91. The van der Waals surface area contributed by atoms with E-state index in [-0.39, 0.29) is 5.56 Å². The molecule has 0 N–H and O–H groups in total. The van der Waals surface area contributed by atoms with Crippen LogP contribution < -0.4 is 0 Å². The standard InChI is InChI=1S/C4H8BrClO/c1-2-7-4(6)3-5/h4H,2-3H2,1H3. The van der Waals surface area contributed by atoms with E-state index < -0.39 is 0 Å². The fraction of sp³-hybridized carbons (Fsp3) is 1.00. The van der Waals surface area contributed by atoms with Crippen molar-refractivity contribution in [1.82, 2.24) is 0 Å². The summed E-state index contributed by atoms with van der Waals surface area (Å²) in [7, 11) is 0. The predicted molar refractivity (Wildman–Crippen MR) is 35.1 cm³/mol. The molecule has 0 aromatic heterocycles. The van der Waals surface area contributed by atoms with E-state index in [1.807, 2.05) is 6.92 Å². The van der Waals surface area contributed by atoms with E-state index in [2.05, 4.69) is 15.9 Å². The van der Waals surface area contributed by atoms with Crippen LogP contribution in [0.5, 0.6) is 0 Å². The monoisotopic (exact) mass is 186 g/mol. The van der Waals surface area contributed by atoms with Crippen LogP contribution in [0.25, 0.3) is 0 Å². The number of hydrogen-bond acceptors (Lipinski definition) is 1. The van der Waals surface area contributed by atoms with E-state index in [4.69, 9.17) is 16.3 Å². The lowest BCUT2D eigenvalue weighted by molar-refractivity contribution is 0.136. The first-order chi connectivity index (χ1) is 3.31. The Morgan fingerprint density at radius 2 is 2.43 bits per heavy atom. The van der Waals surface area contributed by atoms with Crippen LogP contribution in [0.3, 0.4) is 0 Å². The molecule has 3 heteroatoms. The maximum Gasteiger partial charge on any atom is 0.140 e. The highest BCUT2D eigenvalue weighted by molar-refractivity contribution is 9.09. The summed E-state index contributed by atoms with van der Waals surface area (Å²) in [4.78, 5) is 0. The van der Waals surface area contributed by atoms with Crippen LogP contribution in [-0.4, -0.2) is 17.5 Å². The Balaban J connectivity index is 2.83. The number of ether oxygens (including phenoxy) is 1. The van der Waals surface area contributed by atoms with E-state index in [1.165, 1.54) is 0 Å². The van der Waals surface area contributed by atoms with Gasteiger partial charge in [0.05, 0.1) is 0 Å². The summed E-state index contributed by atoms with van der Waals surface area (Å²) in [6.07, 6.45) is 0. The van der Waals surface area contributed by atoms with Crippen LogP contribution >= 0.6 is 27.5 Å². The highest BCUT2D eigenvalue weighted by Gasteiger charge is 1.96. The predicted octanol–water partition coefficient (Wildman–Crippen LogP) is 1.98. The van der Waals surface area contributed by atoms with Gasteiger partial charge in [-0.15, -0.1) is 0 Å². The zero-order valence-electron chi connectivity index (χ0n) is 4.16. The Morgan fingerprint density at radius 3 is 2.57 bits per heavy atom. The SMILES string of the molecule is CCOC(Cl)CBr. The molecule has 0 aromatic rings. The van der Waals surface area contributed by atoms with Crippen LogP contribution in [0.1, 0.15) is 6.92 Å². The number of hydrogen-bond donors (Lipinski definition) is 0. The molecule has 0 aromatic carbocycles. The summed E-state index contributed by atoms with van der Waals surface area (Å²) in [5.41, 5.74) is -0.162. The molecule has 0 aliphatic rings. The molecule has 0 radical (unpaired) electrons. The van der Waals surface area contributed by atoms with Gasteiger partial charge in [0.15, 0.2) is 0 Å². The van der Waals surface area contributed by atoms with Crippen molar-refractivity contribution in [2.75, 3.05) is 11.9 Å². The normalized spacial score (nSPS) is 14.1. The van der Waals surface area contributed by atoms with Crippen molar-refractivity contribution in [3.05, 3.63) is 0 Å². The van der Waals surface area contributed by atoms with Crippen LogP contribution in [0.2, 0.25) is 0 Å². The zero-order valence-corrected chi connectivity index (χ0v) is 6.50. The summed E-state index contributed by atoms with van der Waals surface area (Å²) in [6.45, 7) is 2.60. The second kappa shape index (κ2) is 4.88. The van der Waals surface area contributed by atoms with Crippen LogP contribution in [0.4, 0.5) is 0 Å². The third-order valence-electron chi connectivity index (χ3n) is 0.469. The average Bonchev–Trinajstić information content (AvgIpc) is 1.68. The molecule has 0 rings (SSSR count). The van der Waals surface area contributed by atoms with Gasteiger partial charge >= 0.3 is 0 Å². The van der Waals surface area contributed by atoms with Crippen molar-refractivity contribution < 1.29 is 4.74 Å². The summed E-state index contributed by atoms with van der Waals surface area (Å²) in [5, 5.41) is 0.697. The minimum Gasteiger partial charge on any atom is -0.362 e. The topological polar surface area (TPSA) is 9.23 Å². The molecule has 0 saturated heterocycles. The van der Waals surface area contributed by atoms with Crippen molar-refractivity contribution in [2.24, 2.45) is 0 Å². The molecule has 7 heavy (non-hydrogen) atoms. The molecule has 0 saturated carbocycles. The largest absolute Gasteiger partial charge is 0.362 e. The second-order valence-electron chi connectivity index (χ2n) is 1.02. The van der Waals surface area contributed by atoms with Crippen molar-refractivity contribution in [1.29, 1.82) is 0 Å².